The summed E-state index contributed by atoms with van der Waals surface area (Å²) in [6, 6.07) is 3.66. The molecule has 0 aromatic carbocycles. The molecule has 0 spiro atoms. The average molecular weight is 359 g/mol. The lowest BCUT2D eigenvalue weighted by Gasteiger charge is -2.34. The Bertz CT molecular complexity index is 732. The van der Waals surface area contributed by atoms with E-state index in [1.807, 2.05) is 12.1 Å². The Labute approximate surface area is 150 Å². The predicted molar refractivity (Wildman–Crippen MR) is 95.3 cm³/mol. The van der Waals surface area contributed by atoms with Crippen molar-refractivity contribution in [2.45, 2.75) is 38.6 Å². The molecule has 3 heterocycles. The monoisotopic (exact) mass is 359 g/mol. The van der Waals surface area contributed by atoms with E-state index in [9.17, 15) is 9.59 Å². The van der Waals surface area contributed by atoms with Crippen molar-refractivity contribution in [3.05, 3.63) is 35.6 Å². The first-order valence-electron chi connectivity index (χ1n) is 8.51. The molecule has 132 valence electrons. The zero-order valence-corrected chi connectivity index (χ0v) is 15.0. The van der Waals surface area contributed by atoms with Crippen LogP contribution in [0.1, 0.15) is 43.1 Å². The lowest BCUT2D eigenvalue weighted by molar-refractivity contribution is -0.144. The highest BCUT2D eigenvalue weighted by Crippen LogP contribution is 2.26. The van der Waals surface area contributed by atoms with E-state index in [-0.39, 0.29) is 24.3 Å². The fourth-order valence-corrected chi connectivity index (χ4v) is 3.82. The van der Waals surface area contributed by atoms with Crippen molar-refractivity contribution in [3.63, 3.8) is 0 Å². The maximum Gasteiger partial charge on any atom is 0.307 e. The van der Waals surface area contributed by atoms with Crippen molar-refractivity contribution in [1.29, 1.82) is 0 Å². The molecule has 25 heavy (non-hydrogen) atoms. The average Bonchev–Trinajstić information content (AvgIpc) is 3.13. The minimum atomic E-state index is -0.249. The molecule has 0 radical (unpaired) electrons. The van der Waals surface area contributed by atoms with Gasteiger partial charge in [0.15, 0.2) is 0 Å². The molecule has 1 saturated heterocycles. The Kier molecular flexibility index (Phi) is 5.75. The fourth-order valence-electron chi connectivity index (χ4n) is 3.03. The molecule has 0 N–H and O–H groups in total. The number of piperidine rings is 1. The van der Waals surface area contributed by atoms with Gasteiger partial charge in [0.1, 0.15) is 10.7 Å². The first-order valence-corrected chi connectivity index (χ1v) is 9.39. The summed E-state index contributed by atoms with van der Waals surface area (Å²) in [5.41, 5.74) is 1.33. The quantitative estimate of drug-likeness (QED) is 0.767. The van der Waals surface area contributed by atoms with Crippen LogP contribution >= 0.6 is 11.3 Å². The standard InChI is InChI=1S/C18H21N3O3S/c1-2-24-16(22)10-14-7-3-4-9-21(14)18(23)15-12-25-17(20-15)13-6-5-8-19-11-13/h5-6,8,11-12,14H,2-4,7,9-10H2,1H3/t14-/m0/s1. The third kappa shape index (κ3) is 4.22. The minimum absolute atomic E-state index is 0.108. The molecule has 1 amide bonds. The molecule has 1 fully saturated rings. The smallest absolute Gasteiger partial charge is 0.307 e. The summed E-state index contributed by atoms with van der Waals surface area (Å²) in [6.07, 6.45) is 6.48. The summed E-state index contributed by atoms with van der Waals surface area (Å²) in [6.45, 7) is 2.81. The van der Waals surface area contributed by atoms with Crippen molar-refractivity contribution < 1.29 is 14.3 Å². The lowest BCUT2D eigenvalue weighted by Crippen LogP contribution is -2.45. The maximum atomic E-state index is 12.9. The zero-order valence-electron chi connectivity index (χ0n) is 14.2. The van der Waals surface area contributed by atoms with Gasteiger partial charge in [-0.1, -0.05) is 0 Å². The van der Waals surface area contributed by atoms with Gasteiger partial charge in [-0.3, -0.25) is 14.6 Å². The van der Waals surface area contributed by atoms with E-state index in [0.29, 0.717) is 18.8 Å². The molecule has 0 aliphatic carbocycles. The first kappa shape index (κ1) is 17.5. The highest BCUT2D eigenvalue weighted by atomic mass is 32.1. The van der Waals surface area contributed by atoms with Crippen LogP contribution in [0.4, 0.5) is 0 Å². The molecule has 3 rings (SSSR count). The number of hydrogen-bond acceptors (Lipinski definition) is 6. The Balaban J connectivity index is 1.74. The Morgan fingerprint density at radius 2 is 2.28 bits per heavy atom. The van der Waals surface area contributed by atoms with Crippen LogP contribution in [-0.2, 0) is 9.53 Å². The van der Waals surface area contributed by atoms with Gasteiger partial charge in [0.05, 0.1) is 13.0 Å². The second-order valence-corrected chi connectivity index (χ2v) is 6.79. The number of amides is 1. The van der Waals surface area contributed by atoms with Crippen molar-refractivity contribution in [1.82, 2.24) is 14.9 Å². The molecule has 0 bridgehead atoms. The SMILES string of the molecule is CCOC(=O)C[C@@H]1CCCCN1C(=O)c1csc(-c2cccnc2)n1. The van der Waals surface area contributed by atoms with E-state index in [2.05, 4.69) is 9.97 Å². The lowest BCUT2D eigenvalue weighted by atomic mass is 9.99. The number of ether oxygens (including phenoxy) is 1. The summed E-state index contributed by atoms with van der Waals surface area (Å²) in [4.78, 5) is 35.1. The van der Waals surface area contributed by atoms with E-state index in [1.54, 1.807) is 29.6 Å². The topological polar surface area (TPSA) is 72.4 Å². The molecule has 0 saturated carbocycles. The van der Waals surface area contributed by atoms with Crippen molar-refractivity contribution in [2.75, 3.05) is 13.2 Å². The van der Waals surface area contributed by atoms with Crippen LogP contribution < -0.4 is 0 Å². The molecule has 0 unspecified atom stereocenters. The van der Waals surface area contributed by atoms with Crippen molar-refractivity contribution in [3.8, 4) is 10.6 Å². The van der Waals surface area contributed by atoms with Crippen LogP contribution in [-0.4, -0.2) is 45.9 Å². The van der Waals surface area contributed by atoms with Gasteiger partial charge in [-0.2, -0.15) is 0 Å². The van der Waals surface area contributed by atoms with E-state index in [1.165, 1.54) is 11.3 Å². The molecule has 1 aliphatic heterocycles. The Hall–Kier alpha value is -2.28. The maximum absolute atomic E-state index is 12.9. The summed E-state index contributed by atoms with van der Waals surface area (Å²) in [5.74, 6) is -0.359. The number of pyridine rings is 1. The number of aromatic nitrogens is 2. The molecule has 1 aliphatic rings. The second-order valence-electron chi connectivity index (χ2n) is 5.94. The van der Waals surface area contributed by atoms with E-state index < -0.39 is 0 Å². The van der Waals surface area contributed by atoms with Gasteiger partial charge in [0.2, 0.25) is 0 Å². The van der Waals surface area contributed by atoms with Crippen LogP contribution in [0, 0.1) is 0 Å². The Morgan fingerprint density at radius 3 is 3.04 bits per heavy atom. The van der Waals surface area contributed by atoms with Gasteiger partial charge < -0.3 is 9.64 Å². The molecule has 7 heteroatoms. The number of nitrogens with zero attached hydrogens (tertiary/aromatic N) is 3. The third-order valence-electron chi connectivity index (χ3n) is 4.23. The van der Waals surface area contributed by atoms with Gasteiger partial charge >= 0.3 is 5.97 Å². The van der Waals surface area contributed by atoms with Crippen molar-refractivity contribution in [2.24, 2.45) is 0 Å². The van der Waals surface area contributed by atoms with E-state index >= 15 is 0 Å². The molecule has 6 nitrogen and oxygen atoms in total. The third-order valence-corrected chi connectivity index (χ3v) is 5.12. The fraction of sp³-hybridized carbons (Fsp3) is 0.444. The van der Waals surface area contributed by atoms with Crippen LogP contribution in [0.5, 0.6) is 0 Å². The normalized spacial score (nSPS) is 17.3. The van der Waals surface area contributed by atoms with Gasteiger partial charge in [0, 0.05) is 35.9 Å². The summed E-state index contributed by atoms with van der Waals surface area (Å²) >= 11 is 1.43. The van der Waals surface area contributed by atoms with Crippen LogP contribution in [0.15, 0.2) is 29.9 Å². The Morgan fingerprint density at radius 1 is 1.40 bits per heavy atom. The van der Waals surface area contributed by atoms with Gasteiger partial charge in [-0.15, -0.1) is 11.3 Å². The summed E-state index contributed by atoms with van der Waals surface area (Å²) in [5, 5.41) is 2.55. The molecule has 2 aromatic rings. The van der Waals surface area contributed by atoms with Gasteiger partial charge in [-0.25, -0.2) is 4.98 Å². The van der Waals surface area contributed by atoms with E-state index in [0.717, 1.165) is 29.8 Å². The molecule has 1 atom stereocenters. The van der Waals surface area contributed by atoms with Gasteiger partial charge in [0.25, 0.3) is 5.91 Å². The largest absolute Gasteiger partial charge is 0.466 e. The molecule has 2 aromatic heterocycles. The highest BCUT2D eigenvalue weighted by molar-refractivity contribution is 7.13. The van der Waals surface area contributed by atoms with Crippen LogP contribution in [0.2, 0.25) is 0 Å². The number of esters is 1. The number of likely N-dealkylation sites (tertiary alicyclic amines) is 1. The van der Waals surface area contributed by atoms with Crippen molar-refractivity contribution >= 4 is 23.2 Å². The summed E-state index contributed by atoms with van der Waals surface area (Å²) < 4.78 is 5.04. The number of carbonyl (C=O) groups is 2. The predicted octanol–water partition coefficient (Wildman–Crippen LogP) is 3.15. The minimum Gasteiger partial charge on any atom is -0.466 e. The highest BCUT2D eigenvalue weighted by Gasteiger charge is 2.30. The first-order chi connectivity index (χ1) is 12.2. The zero-order chi connectivity index (χ0) is 17.6. The van der Waals surface area contributed by atoms with Crippen LogP contribution in [0.3, 0.4) is 0 Å². The number of carbonyl (C=O) groups excluding carboxylic acids is 2. The number of rotatable bonds is 5. The van der Waals surface area contributed by atoms with Gasteiger partial charge in [-0.05, 0) is 38.3 Å². The number of thiazole rings is 1. The molecular weight excluding hydrogens is 338 g/mol. The van der Waals surface area contributed by atoms with Crippen LogP contribution in [0.25, 0.3) is 10.6 Å². The second kappa shape index (κ2) is 8.20. The van der Waals surface area contributed by atoms with E-state index in [4.69, 9.17) is 4.74 Å². The summed E-state index contributed by atoms with van der Waals surface area (Å²) in [7, 11) is 0. The molecular formula is C18H21N3O3S. The number of hydrogen-bond donors (Lipinski definition) is 0.